The third kappa shape index (κ3) is 8.05. The zero-order chi connectivity index (χ0) is 21.8. The van der Waals surface area contributed by atoms with Gasteiger partial charge >= 0.3 is 12.1 Å². The number of fused-ring (bicyclic) bond motifs is 1. The summed E-state index contributed by atoms with van der Waals surface area (Å²) in [4.78, 5) is 24.2. The monoisotopic (exact) mass is 414 g/mol. The van der Waals surface area contributed by atoms with Gasteiger partial charge < -0.3 is 14.2 Å². The number of benzene rings is 2. The normalized spacial score (nSPS) is 11.8. The van der Waals surface area contributed by atoms with Crippen LogP contribution >= 0.6 is 0 Å². The molecule has 0 aliphatic heterocycles. The van der Waals surface area contributed by atoms with Crippen LogP contribution in [0, 0.1) is 0 Å². The summed E-state index contributed by atoms with van der Waals surface area (Å²) in [5, 5.41) is 1.75. The van der Waals surface area contributed by atoms with Crippen LogP contribution in [0.4, 0.5) is 4.79 Å². The van der Waals surface area contributed by atoms with Crippen molar-refractivity contribution in [2.75, 3.05) is 6.61 Å². The molecule has 0 heterocycles. The topological polar surface area (TPSA) is 61.8 Å². The lowest BCUT2D eigenvalue weighted by atomic mass is 10.1. The molecule has 0 spiro atoms. The molecule has 0 aromatic heterocycles. The van der Waals surface area contributed by atoms with E-state index in [1.165, 1.54) is 19.3 Å². The Balaban J connectivity index is 1.91. The summed E-state index contributed by atoms with van der Waals surface area (Å²) in [6.07, 6.45) is 7.67. The largest absolute Gasteiger partial charge is 0.513 e. The highest BCUT2D eigenvalue weighted by atomic mass is 16.7. The molecule has 0 radical (unpaired) electrons. The Bertz CT molecular complexity index is 814. The van der Waals surface area contributed by atoms with Crippen LogP contribution in [0.25, 0.3) is 10.8 Å². The molecule has 0 bridgehead atoms. The van der Waals surface area contributed by atoms with E-state index >= 15 is 0 Å². The summed E-state index contributed by atoms with van der Waals surface area (Å²) >= 11 is 0. The van der Waals surface area contributed by atoms with Crippen LogP contribution in [0.2, 0.25) is 0 Å². The van der Waals surface area contributed by atoms with Gasteiger partial charge in [0.2, 0.25) is 0 Å². The third-order valence-corrected chi connectivity index (χ3v) is 4.99. The molecular formula is C25H34O5. The molecule has 5 nitrogen and oxygen atoms in total. The highest BCUT2D eigenvalue weighted by Crippen LogP contribution is 2.23. The minimum Gasteiger partial charge on any atom is -0.459 e. The predicted molar refractivity (Wildman–Crippen MR) is 119 cm³/mol. The highest BCUT2D eigenvalue weighted by molar-refractivity contribution is 5.96. The fourth-order valence-electron chi connectivity index (χ4n) is 3.22. The number of hydrogen-bond donors (Lipinski definition) is 0. The van der Waals surface area contributed by atoms with E-state index in [4.69, 9.17) is 14.2 Å². The van der Waals surface area contributed by atoms with Gasteiger partial charge in [0.05, 0.1) is 18.3 Å². The van der Waals surface area contributed by atoms with Crippen molar-refractivity contribution in [1.82, 2.24) is 0 Å². The molecule has 30 heavy (non-hydrogen) atoms. The Labute approximate surface area is 179 Å². The summed E-state index contributed by atoms with van der Waals surface area (Å²) in [6.45, 7) is 6.57. The van der Waals surface area contributed by atoms with Gasteiger partial charge in [-0.3, -0.25) is 0 Å². The van der Waals surface area contributed by atoms with Crippen LogP contribution < -0.4 is 4.74 Å². The van der Waals surface area contributed by atoms with Gasteiger partial charge in [0, 0.05) is 0 Å². The average molecular weight is 415 g/mol. The molecule has 2 aromatic rings. The number of carbonyl (C=O) groups is 2. The molecule has 0 unspecified atom stereocenters. The van der Waals surface area contributed by atoms with E-state index in [1.54, 1.807) is 24.3 Å². The average Bonchev–Trinajstić information content (AvgIpc) is 2.74. The van der Waals surface area contributed by atoms with E-state index in [9.17, 15) is 9.59 Å². The molecule has 5 heteroatoms. The van der Waals surface area contributed by atoms with E-state index < -0.39 is 6.16 Å². The van der Waals surface area contributed by atoms with Crippen LogP contribution in [0.3, 0.4) is 0 Å². The first-order valence-electron chi connectivity index (χ1n) is 11.1. The number of carbonyl (C=O) groups excluding carboxylic acids is 2. The first kappa shape index (κ1) is 23.7. The number of hydrogen-bond acceptors (Lipinski definition) is 5. The molecule has 0 aliphatic rings. The lowest BCUT2D eigenvalue weighted by molar-refractivity contribution is 0.0319. The molecule has 0 N–H and O–H groups in total. The number of ether oxygens (including phenoxy) is 3. The second-order valence-corrected chi connectivity index (χ2v) is 7.70. The van der Waals surface area contributed by atoms with Crippen LogP contribution in [0.15, 0.2) is 36.4 Å². The third-order valence-electron chi connectivity index (χ3n) is 4.99. The fourth-order valence-corrected chi connectivity index (χ4v) is 3.22. The second-order valence-electron chi connectivity index (χ2n) is 7.70. The summed E-state index contributed by atoms with van der Waals surface area (Å²) in [6, 6.07) is 10.6. The Hall–Kier alpha value is -2.56. The maximum absolute atomic E-state index is 12.4. The van der Waals surface area contributed by atoms with Gasteiger partial charge in [-0.05, 0) is 61.2 Å². The van der Waals surface area contributed by atoms with E-state index in [1.807, 2.05) is 19.1 Å². The lowest BCUT2D eigenvalue weighted by Crippen LogP contribution is -2.15. The van der Waals surface area contributed by atoms with Crippen molar-refractivity contribution < 1.29 is 23.8 Å². The van der Waals surface area contributed by atoms with E-state index in [-0.39, 0.29) is 12.1 Å². The van der Waals surface area contributed by atoms with Gasteiger partial charge in [0.25, 0.3) is 0 Å². The van der Waals surface area contributed by atoms with E-state index in [2.05, 4.69) is 13.8 Å². The molecule has 1 atom stereocenters. The van der Waals surface area contributed by atoms with Crippen molar-refractivity contribution in [3.63, 3.8) is 0 Å². The fraction of sp³-hybridized carbons (Fsp3) is 0.520. The van der Waals surface area contributed by atoms with E-state index in [0.29, 0.717) is 17.9 Å². The molecule has 2 aromatic carbocycles. The van der Waals surface area contributed by atoms with Gasteiger partial charge in [-0.2, -0.15) is 0 Å². The van der Waals surface area contributed by atoms with E-state index in [0.717, 1.165) is 42.9 Å². The van der Waals surface area contributed by atoms with Crippen molar-refractivity contribution >= 4 is 22.9 Å². The van der Waals surface area contributed by atoms with Gasteiger partial charge in [-0.25, -0.2) is 9.59 Å². The molecule has 164 valence electrons. The van der Waals surface area contributed by atoms with Crippen LogP contribution in [-0.4, -0.2) is 24.8 Å². The number of esters is 1. The van der Waals surface area contributed by atoms with Gasteiger partial charge in [0.1, 0.15) is 5.75 Å². The molecule has 0 saturated heterocycles. The summed E-state index contributed by atoms with van der Waals surface area (Å²) < 4.78 is 15.9. The number of unbranched alkanes of at least 4 members (excludes halogenated alkanes) is 5. The van der Waals surface area contributed by atoms with Crippen LogP contribution in [-0.2, 0) is 9.47 Å². The maximum atomic E-state index is 12.4. The number of rotatable bonds is 12. The Morgan fingerprint density at radius 3 is 2.33 bits per heavy atom. The molecule has 2 rings (SSSR count). The Kier molecular flexibility index (Phi) is 10.2. The van der Waals surface area contributed by atoms with Gasteiger partial charge in [0.15, 0.2) is 0 Å². The zero-order valence-corrected chi connectivity index (χ0v) is 18.4. The summed E-state index contributed by atoms with van der Waals surface area (Å²) in [5.41, 5.74) is 0.520. The van der Waals surface area contributed by atoms with Crippen molar-refractivity contribution in [3.05, 3.63) is 42.0 Å². The summed E-state index contributed by atoms with van der Waals surface area (Å²) in [5.74, 6) is 0.106. The first-order valence-corrected chi connectivity index (χ1v) is 11.1. The van der Waals surface area contributed by atoms with Crippen molar-refractivity contribution in [3.8, 4) is 5.75 Å². The predicted octanol–water partition coefficient (Wildman–Crippen LogP) is 7.06. The second kappa shape index (κ2) is 12.9. The quantitative estimate of drug-likeness (QED) is 0.211. The Morgan fingerprint density at radius 2 is 1.57 bits per heavy atom. The van der Waals surface area contributed by atoms with Crippen molar-refractivity contribution in [2.45, 2.75) is 78.2 Å². The van der Waals surface area contributed by atoms with Crippen LogP contribution in [0.5, 0.6) is 5.75 Å². The minimum absolute atomic E-state index is 0.0934. The van der Waals surface area contributed by atoms with Gasteiger partial charge in [-0.15, -0.1) is 0 Å². The Morgan fingerprint density at radius 1 is 0.867 bits per heavy atom. The maximum Gasteiger partial charge on any atom is 0.513 e. The summed E-state index contributed by atoms with van der Waals surface area (Å²) in [7, 11) is 0. The molecule has 0 aliphatic carbocycles. The molecule has 0 saturated carbocycles. The molecular weight excluding hydrogens is 380 g/mol. The molecule has 0 amide bonds. The first-order chi connectivity index (χ1) is 14.5. The molecule has 0 fully saturated rings. The van der Waals surface area contributed by atoms with Crippen molar-refractivity contribution in [2.24, 2.45) is 0 Å². The van der Waals surface area contributed by atoms with Crippen LogP contribution in [0.1, 0.15) is 82.5 Å². The minimum atomic E-state index is -0.696. The van der Waals surface area contributed by atoms with Gasteiger partial charge in [-0.1, -0.05) is 58.1 Å². The van der Waals surface area contributed by atoms with Crippen molar-refractivity contribution in [1.29, 1.82) is 0 Å². The highest BCUT2D eigenvalue weighted by Gasteiger charge is 2.13. The standard InChI is InChI=1S/C25H34O5/c1-4-6-8-9-11-19(3)29-24(26)22-13-12-21-18-23(15-14-20(21)17-22)30-25(27)28-16-10-7-5-2/h12-15,17-19H,4-11,16H2,1-3H3/t19-/m1/s1. The zero-order valence-electron chi connectivity index (χ0n) is 18.4. The SMILES string of the molecule is CCCCCC[C@@H](C)OC(=O)c1ccc2cc(OC(=O)OCCCCC)ccc2c1. The lowest BCUT2D eigenvalue weighted by Gasteiger charge is -2.13. The smallest absolute Gasteiger partial charge is 0.459 e.